The van der Waals surface area contributed by atoms with Crippen molar-refractivity contribution in [3.63, 3.8) is 0 Å². The van der Waals surface area contributed by atoms with Gasteiger partial charge in [0.15, 0.2) is 11.6 Å². The van der Waals surface area contributed by atoms with Crippen molar-refractivity contribution in [2.24, 2.45) is 0 Å². The van der Waals surface area contributed by atoms with Gasteiger partial charge in [-0.15, -0.1) is 0 Å². The summed E-state index contributed by atoms with van der Waals surface area (Å²) in [6, 6.07) is 17.6. The van der Waals surface area contributed by atoms with E-state index < -0.39 is 23.1 Å². The van der Waals surface area contributed by atoms with Crippen LogP contribution in [0.4, 0.5) is 8.78 Å². The van der Waals surface area contributed by atoms with Gasteiger partial charge in [-0.3, -0.25) is 9.59 Å². The monoisotopic (exact) mass is 449 g/mol. The van der Waals surface area contributed by atoms with E-state index in [1.165, 1.54) is 6.07 Å². The van der Waals surface area contributed by atoms with Crippen LogP contribution in [0.5, 0.6) is 5.75 Å². The van der Waals surface area contributed by atoms with E-state index >= 15 is 0 Å². The van der Waals surface area contributed by atoms with Gasteiger partial charge in [0.1, 0.15) is 12.3 Å². The van der Waals surface area contributed by atoms with E-state index in [4.69, 9.17) is 4.74 Å². The maximum atomic E-state index is 13.8. The Labute approximate surface area is 188 Å². The molecule has 0 atom stereocenters. The number of carbonyl (C=O) groups is 1. The topological polar surface area (TPSA) is 73.2 Å². The SMILES string of the molecule is COc1ccccc1CCNC(=O)Cn1nc(-c2ccc(F)c(F)c2)c2ccccc2c1=O. The number of benzene rings is 3. The minimum absolute atomic E-state index is 0.283. The lowest BCUT2D eigenvalue weighted by molar-refractivity contribution is -0.121. The number of rotatable bonds is 7. The largest absolute Gasteiger partial charge is 0.496 e. The fraction of sp³-hybridized carbons (Fsp3) is 0.160. The molecule has 1 amide bonds. The summed E-state index contributed by atoms with van der Waals surface area (Å²) in [6.45, 7) is 0.0316. The first-order chi connectivity index (χ1) is 16.0. The van der Waals surface area contributed by atoms with Gasteiger partial charge < -0.3 is 10.1 Å². The lowest BCUT2D eigenvalue weighted by Crippen LogP contribution is -2.35. The van der Waals surface area contributed by atoms with Gasteiger partial charge in [0.05, 0.1) is 18.2 Å². The van der Waals surface area contributed by atoms with Crippen molar-refractivity contribution in [3.8, 4) is 17.0 Å². The second kappa shape index (κ2) is 9.60. The van der Waals surface area contributed by atoms with Crippen LogP contribution in [0.15, 0.2) is 71.5 Å². The Hall–Kier alpha value is -4.07. The number of aromatic nitrogens is 2. The van der Waals surface area contributed by atoms with Gasteiger partial charge in [-0.25, -0.2) is 13.5 Å². The zero-order chi connectivity index (χ0) is 23.4. The van der Waals surface area contributed by atoms with Crippen LogP contribution in [-0.2, 0) is 17.8 Å². The molecule has 0 spiro atoms. The summed E-state index contributed by atoms with van der Waals surface area (Å²) in [6.07, 6.45) is 0.551. The molecule has 1 heterocycles. The van der Waals surface area contributed by atoms with Crippen LogP contribution in [0.25, 0.3) is 22.0 Å². The Morgan fingerprint density at radius 2 is 1.73 bits per heavy atom. The zero-order valence-corrected chi connectivity index (χ0v) is 17.8. The molecular weight excluding hydrogens is 428 g/mol. The van der Waals surface area contributed by atoms with E-state index in [0.717, 1.165) is 28.1 Å². The Kier molecular flexibility index (Phi) is 6.44. The van der Waals surface area contributed by atoms with Crippen LogP contribution in [0.2, 0.25) is 0 Å². The first kappa shape index (κ1) is 22.1. The number of ether oxygens (including phenoxy) is 1. The summed E-state index contributed by atoms with van der Waals surface area (Å²) in [5.41, 5.74) is 1.08. The first-order valence-electron chi connectivity index (χ1n) is 10.3. The van der Waals surface area contributed by atoms with Crippen LogP contribution in [0.1, 0.15) is 5.56 Å². The van der Waals surface area contributed by atoms with Gasteiger partial charge in [0.2, 0.25) is 5.91 Å². The second-order valence-electron chi connectivity index (χ2n) is 7.40. The maximum Gasteiger partial charge on any atom is 0.275 e. The number of methoxy groups -OCH3 is 1. The second-order valence-corrected chi connectivity index (χ2v) is 7.40. The number of hydrogen-bond acceptors (Lipinski definition) is 4. The molecule has 1 N–H and O–H groups in total. The third kappa shape index (κ3) is 4.74. The summed E-state index contributed by atoms with van der Waals surface area (Å²) < 4.78 is 33.6. The maximum absolute atomic E-state index is 13.8. The molecule has 1 aromatic heterocycles. The highest BCUT2D eigenvalue weighted by Gasteiger charge is 2.15. The molecule has 0 bridgehead atoms. The predicted octanol–water partition coefficient (Wildman–Crippen LogP) is 3.71. The van der Waals surface area contributed by atoms with Gasteiger partial charge >= 0.3 is 0 Å². The fourth-order valence-electron chi connectivity index (χ4n) is 3.64. The third-order valence-electron chi connectivity index (χ3n) is 5.26. The van der Waals surface area contributed by atoms with Crippen LogP contribution >= 0.6 is 0 Å². The standard InChI is InChI=1S/C25H21F2N3O3/c1-33-22-9-5-2-6-16(22)12-13-28-23(31)15-30-25(32)19-8-4-3-7-18(19)24(29-30)17-10-11-20(26)21(27)14-17/h2-11,14H,12-13,15H2,1H3,(H,28,31). The molecule has 0 aliphatic heterocycles. The predicted molar refractivity (Wildman–Crippen MR) is 121 cm³/mol. The molecule has 0 saturated carbocycles. The number of nitrogens with zero attached hydrogens (tertiary/aromatic N) is 2. The minimum Gasteiger partial charge on any atom is -0.496 e. The van der Waals surface area contributed by atoms with Crippen LogP contribution in [0, 0.1) is 11.6 Å². The first-order valence-corrected chi connectivity index (χ1v) is 10.3. The van der Waals surface area contributed by atoms with E-state index in [1.807, 2.05) is 24.3 Å². The average Bonchev–Trinajstić information content (AvgIpc) is 2.83. The van der Waals surface area contributed by atoms with Crippen molar-refractivity contribution < 1.29 is 18.3 Å². The number of hydrogen-bond donors (Lipinski definition) is 1. The highest BCUT2D eigenvalue weighted by Crippen LogP contribution is 2.26. The Morgan fingerprint density at radius 1 is 1.00 bits per heavy atom. The van der Waals surface area contributed by atoms with E-state index in [-0.39, 0.29) is 12.2 Å². The van der Waals surface area contributed by atoms with Gasteiger partial charge in [0.25, 0.3) is 5.56 Å². The van der Waals surface area contributed by atoms with Crippen molar-refractivity contribution in [1.29, 1.82) is 0 Å². The molecule has 0 aliphatic carbocycles. The smallest absolute Gasteiger partial charge is 0.275 e. The lowest BCUT2D eigenvalue weighted by atomic mass is 10.0. The molecule has 8 heteroatoms. The molecule has 0 saturated heterocycles. The Bertz CT molecular complexity index is 1390. The molecule has 168 valence electrons. The zero-order valence-electron chi connectivity index (χ0n) is 17.8. The third-order valence-corrected chi connectivity index (χ3v) is 5.26. The summed E-state index contributed by atoms with van der Waals surface area (Å²) in [5, 5.41) is 7.90. The summed E-state index contributed by atoms with van der Waals surface area (Å²) in [7, 11) is 1.58. The highest BCUT2D eigenvalue weighted by molar-refractivity contribution is 5.93. The lowest BCUT2D eigenvalue weighted by Gasteiger charge is -2.12. The van der Waals surface area contributed by atoms with E-state index in [0.29, 0.717) is 29.3 Å². The normalized spacial score (nSPS) is 10.9. The molecule has 0 radical (unpaired) electrons. The van der Waals surface area contributed by atoms with E-state index in [2.05, 4.69) is 10.4 Å². The Morgan fingerprint density at radius 3 is 2.48 bits per heavy atom. The van der Waals surface area contributed by atoms with Crippen LogP contribution in [-0.4, -0.2) is 29.3 Å². The molecule has 33 heavy (non-hydrogen) atoms. The number of carbonyl (C=O) groups excluding carboxylic acids is 1. The molecule has 3 aromatic carbocycles. The van der Waals surface area contributed by atoms with Gasteiger partial charge in [-0.1, -0.05) is 36.4 Å². The molecule has 4 aromatic rings. The molecule has 6 nitrogen and oxygen atoms in total. The molecule has 4 rings (SSSR count). The highest BCUT2D eigenvalue weighted by atomic mass is 19.2. The summed E-state index contributed by atoms with van der Waals surface area (Å²) in [4.78, 5) is 25.5. The summed E-state index contributed by atoms with van der Waals surface area (Å²) >= 11 is 0. The van der Waals surface area contributed by atoms with Crippen LogP contribution in [0.3, 0.4) is 0 Å². The molecule has 0 unspecified atom stereocenters. The number of para-hydroxylation sites is 1. The molecular formula is C25H21F2N3O3. The quantitative estimate of drug-likeness (QED) is 0.467. The number of nitrogens with one attached hydrogen (secondary N) is 1. The molecule has 0 aliphatic rings. The molecule has 0 fully saturated rings. The fourth-order valence-corrected chi connectivity index (χ4v) is 3.64. The van der Waals surface area contributed by atoms with E-state index in [9.17, 15) is 18.4 Å². The summed E-state index contributed by atoms with van der Waals surface area (Å²) in [5.74, 6) is -1.67. The van der Waals surface area contributed by atoms with Crippen LogP contribution < -0.4 is 15.6 Å². The number of fused-ring (bicyclic) bond motifs is 1. The Balaban J connectivity index is 1.58. The van der Waals surface area contributed by atoms with E-state index in [1.54, 1.807) is 31.4 Å². The van der Waals surface area contributed by atoms with Gasteiger partial charge in [-0.05, 0) is 42.3 Å². The minimum atomic E-state index is -1.02. The van der Waals surface area contributed by atoms with Crippen molar-refractivity contribution in [2.75, 3.05) is 13.7 Å². The van der Waals surface area contributed by atoms with Gasteiger partial charge in [-0.2, -0.15) is 5.10 Å². The number of halogens is 2. The van der Waals surface area contributed by atoms with Gasteiger partial charge in [0, 0.05) is 17.5 Å². The number of amides is 1. The van der Waals surface area contributed by atoms with Crippen molar-refractivity contribution in [2.45, 2.75) is 13.0 Å². The average molecular weight is 449 g/mol. The van der Waals surface area contributed by atoms with Crippen molar-refractivity contribution in [1.82, 2.24) is 15.1 Å². The van der Waals surface area contributed by atoms with Crippen molar-refractivity contribution >= 4 is 16.7 Å². The van der Waals surface area contributed by atoms with Crippen molar-refractivity contribution in [3.05, 3.63) is 94.3 Å².